The Balaban J connectivity index is 2.35. The molecule has 6 heteroatoms. The molecular weight excluding hydrogens is 278 g/mol. The van der Waals surface area contributed by atoms with Crippen molar-refractivity contribution in [3.8, 4) is 5.75 Å². The molecule has 0 bridgehead atoms. The Bertz CT molecular complexity index is 698. The number of rotatable bonds is 5. The number of methoxy groups -OCH3 is 1. The molecule has 0 radical (unpaired) electrons. The zero-order chi connectivity index (χ0) is 14.6. The summed E-state index contributed by atoms with van der Waals surface area (Å²) in [6, 6.07) is 12.9. The molecule has 0 amide bonds. The minimum Gasteiger partial charge on any atom is -0.497 e. The molecule has 0 aliphatic rings. The number of nitrogens with one attached hydrogen (secondary N) is 1. The standard InChI is InChI=1S/C14H15NO4S/c1-19-12-6-4-7-13(9-12)20(17,18)15-14-8-3-2-5-11(14)10-16/h2-9,15-16H,10H2,1H3. The van der Waals surface area contributed by atoms with Gasteiger partial charge in [-0.15, -0.1) is 0 Å². The number of hydrogen-bond acceptors (Lipinski definition) is 4. The van der Waals surface area contributed by atoms with E-state index in [-0.39, 0.29) is 11.5 Å². The van der Waals surface area contributed by atoms with Gasteiger partial charge in [-0.25, -0.2) is 8.42 Å². The van der Waals surface area contributed by atoms with Crippen LogP contribution in [-0.4, -0.2) is 20.6 Å². The van der Waals surface area contributed by atoms with Crippen molar-refractivity contribution < 1.29 is 18.3 Å². The summed E-state index contributed by atoms with van der Waals surface area (Å²) in [5, 5.41) is 9.21. The van der Waals surface area contributed by atoms with Crippen LogP contribution in [0.4, 0.5) is 5.69 Å². The van der Waals surface area contributed by atoms with Gasteiger partial charge in [-0.3, -0.25) is 4.72 Å². The second-order valence-corrected chi connectivity index (χ2v) is 5.78. The molecule has 0 atom stereocenters. The van der Waals surface area contributed by atoms with E-state index in [1.54, 1.807) is 36.4 Å². The van der Waals surface area contributed by atoms with Gasteiger partial charge in [-0.1, -0.05) is 24.3 Å². The van der Waals surface area contributed by atoms with Crippen LogP contribution in [0.5, 0.6) is 5.75 Å². The molecule has 0 fully saturated rings. The first-order valence-electron chi connectivity index (χ1n) is 5.92. The Labute approximate surface area is 117 Å². The first kappa shape index (κ1) is 14.4. The van der Waals surface area contributed by atoms with Crippen LogP contribution in [0.25, 0.3) is 0 Å². The number of anilines is 1. The molecule has 0 unspecified atom stereocenters. The van der Waals surface area contributed by atoms with Gasteiger partial charge in [0.25, 0.3) is 10.0 Å². The lowest BCUT2D eigenvalue weighted by atomic mass is 10.2. The van der Waals surface area contributed by atoms with Gasteiger partial charge in [0.15, 0.2) is 0 Å². The summed E-state index contributed by atoms with van der Waals surface area (Å²) in [5.41, 5.74) is 0.872. The maximum absolute atomic E-state index is 12.3. The van der Waals surface area contributed by atoms with E-state index in [4.69, 9.17) is 4.74 Å². The Hall–Kier alpha value is -2.05. The molecule has 2 N–H and O–H groups in total. The zero-order valence-corrected chi connectivity index (χ0v) is 11.7. The van der Waals surface area contributed by atoms with Crippen molar-refractivity contribution in [2.75, 3.05) is 11.8 Å². The fraction of sp³-hybridized carbons (Fsp3) is 0.143. The molecule has 0 aliphatic carbocycles. The minimum atomic E-state index is -3.72. The molecule has 2 aromatic rings. The number of aliphatic hydroxyl groups excluding tert-OH is 1. The Morgan fingerprint density at radius 2 is 1.90 bits per heavy atom. The van der Waals surface area contributed by atoms with Gasteiger partial charge in [0, 0.05) is 11.6 Å². The Morgan fingerprint density at radius 3 is 2.60 bits per heavy atom. The summed E-state index contributed by atoms with van der Waals surface area (Å²) >= 11 is 0. The van der Waals surface area contributed by atoms with E-state index in [0.29, 0.717) is 17.0 Å². The van der Waals surface area contributed by atoms with Crippen molar-refractivity contribution >= 4 is 15.7 Å². The second-order valence-electron chi connectivity index (χ2n) is 4.10. The monoisotopic (exact) mass is 293 g/mol. The van der Waals surface area contributed by atoms with Crippen LogP contribution in [0.2, 0.25) is 0 Å². The van der Waals surface area contributed by atoms with E-state index in [1.165, 1.54) is 19.2 Å². The largest absolute Gasteiger partial charge is 0.497 e. The molecule has 0 saturated heterocycles. The van der Waals surface area contributed by atoms with Crippen molar-refractivity contribution in [2.45, 2.75) is 11.5 Å². The third kappa shape index (κ3) is 3.09. The highest BCUT2D eigenvalue weighted by Crippen LogP contribution is 2.22. The SMILES string of the molecule is COc1cccc(S(=O)(=O)Nc2ccccc2CO)c1. The molecule has 0 spiro atoms. The molecule has 0 saturated carbocycles. The normalized spacial score (nSPS) is 11.1. The lowest BCUT2D eigenvalue weighted by Crippen LogP contribution is -2.14. The van der Waals surface area contributed by atoms with E-state index in [0.717, 1.165) is 0 Å². The van der Waals surface area contributed by atoms with Crippen LogP contribution in [0.3, 0.4) is 0 Å². The van der Waals surface area contributed by atoms with Gasteiger partial charge in [0.05, 0.1) is 24.3 Å². The van der Waals surface area contributed by atoms with Gasteiger partial charge in [-0.05, 0) is 18.2 Å². The highest BCUT2D eigenvalue weighted by atomic mass is 32.2. The van der Waals surface area contributed by atoms with Gasteiger partial charge in [-0.2, -0.15) is 0 Å². The van der Waals surface area contributed by atoms with Crippen LogP contribution in [0.1, 0.15) is 5.56 Å². The van der Waals surface area contributed by atoms with Gasteiger partial charge in [0.2, 0.25) is 0 Å². The van der Waals surface area contributed by atoms with Crippen molar-refractivity contribution in [3.63, 3.8) is 0 Å². The van der Waals surface area contributed by atoms with E-state index in [1.807, 2.05) is 0 Å². The fourth-order valence-corrected chi connectivity index (χ4v) is 2.87. The maximum Gasteiger partial charge on any atom is 0.262 e. The van der Waals surface area contributed by atoms with Gasteiger partial charge < -0.3 is 9.84 Å². The van der Waals surface area contributed by atoms with Crippen molar-refractivity contribution in [1.29, 1.82) is 0 Å². The molecule has 2 rings (SSSR count). The molecule has 0 heterocycles. The highest BCUT2D eigenvalue weighted by molar-refractivity contribution is 7.92. The predicted molar refractivity (Wildman–Crippen MR) is 76.2 cm³/mol. The van der Waals surface area contributed by atoms with Gasteiger partial charge in [0.1, 0.15) is 5.75 Å². The fourth-order valence-electron chi connectivity index (χ4n) is 1.73. The second kappa shape index (κ2) is 5.94. The molecule has 0 aliphatic heterocycles. The van der Waals surface area contributed by atoms with Crippen LogP contribution >= 0.6 is 0 Å². The van der Waals surface area contributed by atoms with E-state index >= 15 is 0 Å². The zero-order valence-electron chi connectivity index (χ0n) is 10.9. The van der Waals surface area contributed by atoms with Crippen molar-refractivity contribution in [2.24, 2.45) is 0 Å². The summed E-state index contributed by atoms with van der Waals surface area (Å²) in [7, 11) is -2.25. The Morgan fingerprint density at radius 1 is 1.15 bits per heavy atom. The highest BCUT2D eigenvalue weighted by Gasteiger charge is 2.16. The summed E-state index contributed by atoms with van der Waals surface area (Å²) in [4.78, 5) is 0.101. The van der Waals surface area contributed by atoms with Crippen LogP contribution in [-0.2, 0) is 16.6 Å². The number of benzene rings is 2. The van der Waals surface area contributed by atoms with Crippen LogP contribution < -0.4 is 9.46 Å². The lowest BCUT2D eigenvalue weighted by Gasteiger charge is -2.11. The van der Waals surface area contributed by atoms with Crippen molar-refractivity contribution in [1.82, 2.24) is 0 Å². The summed E-state index contributed by atoms with van der Waals surface area (Å²) in [5.74, 6) is 0.461. The molecule has 5 nitrogen and oxygen atoms in total. The number of para-hydroxylation sites is 1. The number of hydrogen-bond donors (Lipinski definition) is 2. The smallest absolute Gasteiger partial charge is 0.262 e. The maximum atomic E-state index is 12.3. The van der Waals surface area contributed by atoms with Crippen LogP contribution in [0.15, 0.2) is 53.4 Å². The quantitative estimate of drug-likeness (QED) is 0.884. The first-order chi connectivity index (χ1) is 9.56. The topological polar surface area (TPSA) is 75.6 Å². The van der Waals surface area contributed by atoms with Crippen LogP contribution in [0, 0.1) is 0 Å². The first-order valence-corrected chi connectivity index (χ1v) is 7.41. The van der Waals surface area contributed by atoms with Gasteiger partial charge >= 0.3 is 0 Å². The predicted octanol–water partition coefficient (Wildman–Crippen LogP) is 1.99. The number of ether oxygens (including phenoxy) is 1. The van der Waals surface area contributed by atoms with E-state index in [9.17, 15) is 13.5 Å². The average Bonchev–Trinajstić information content (AvgIpc) is 2.47. The summed E-state index contributed by atoms with van der Waals surface area (Å²) in [6.07, 6.45) is 0. The number of aliphatic hydroxyl groups is 1. The van der Waals surface area contributed by atoms with E-state index in [2.05, 4.69) is 4.72 Å². The summed E-state index contributed by atoms with van der Waals surface area (Å²) < 4.78 is 32.1. The third-order valence-electron chi connectivity index (χ3n) is 2.78. The average molecular weight is 293 g/mol. The van der Waals surface area contributed by atoms with Crippen molar-refractivity contribution in [3.05, 3.63) is 54.1 Å². The van der Waals surface area contributed by atoms with E-state index < -0.39 is 10.0 Å². The molecular formula is C14H15NO4S. The Kier molecular flexibility index (Phi) is 4.26. The molecule has 2 aromatic carbocycles. The molecule has 20 heavy (non-hydrogen) atoms. The molecule has 106 valence electrons. The lowest BCUT2D eigenvalue weighted by molar-refractivity contribution is 0.282. The summed E-state index contributed by atoms with van der Waals surface area (Å²) in [6.45, 7) is -0.239. The third-order valence-corrected chi connectivity index (χ3v) is 4.15. The minimum absolute atomic E-state index is 0.101. The molecule has 0 aromatic heterocycles. The number of sulfonamides is 1.